The summed E-state index contributed by atoms with van der Waals surface area (Å²) >= 11 is 0. The Balaban J connectivity index is 2.12. The zero-order valence-electron chi connectivity index (χ0n) is 14.3. The first-order chi connectivity index (χ1) is 9.93. The van der Waals surface area contributed by atoms with Crippen molar-refractivity contribution >= 4 is 0 Å². The molecular formula is C17H30N3O+. The van der Waals surface area contributed by atoms with E-state index in [0.717, 1.165) is 18.8 Å². The number of nitrogens with zero attached hydrogens (tertiary/aromatic N) is 2. The number of hydrogen-bond acceptors (Lipinski definition) is 3. The molecule has 1 saturated heterocycles. The van der Waals surface area contributed by atoms with Gasteiger partial charge in [-0.25, -0.2) is 9.80 Å². The van der Waals surface area contributed by atoms with Crippen LogP contribution in [0.3, 0.4) is 0 Å². The first kappa shape index (κ1) is 16.3. The normalized spacial score (nSPS) is 24.2. The minimum absolute atomic E-state index is 0.444. The number of quaternary nitrogens is 1. The molecule has 0 bridgehead atoms. The fourth-order valence-corrected chi connectivity index (χ4v) is 3.48. The third kappa shape index (κ3) is 3.57. The number of rotatable bonds is 5. The Labute approximate surface area is 129 Å². The van der Waals surface area contributed by atoms with E-state index >= 15 is 0 Å². The number of likely N-dealkylation sites (N-methyl/N-ethyl adjacent to an activating group) is 1. The molecule has 1 N–H and O–H groups in total. The van der Waals surface area contributed by atoms with Crippen LogP contribution in [-0.2, 0) is 6.54 Å². The molecule has 0 aromatic heterocycles. The molecule has 1 unspecified atom stereocenters. The summed E-state index contributed by atoms with van der Waals surface area (Å²) in [6.07, 6.45) is 0.444. The molecule has 1 aliphatic heterocycles. The van der Waals surface area contributed by atoms with E-state index in [9.17, 15) is 0 Å². The highest BCUT2D eigenvalue weighted by Gasteiger charge is 2.42. The summed E-state index contributed by atoms with van der Waals surface area (Å²) in [7, 11) is 8.45. The lowest BCUT2D eigenvalue weighted by atomic mass is 10.0. The molecular weight excluding hydrogens is 262 g/mol. The van der Waals surface area contributed by atoms with E-state index in [2.05, 4.69) is 56.9 Å². The molecule has 118 valence electrons. The second-order valence-corrected chi connectivity index (χ2v) is 6.71. The van der Waals surface area contributed by atoms with Crippen molar-refractivity contribution in [2.24, 2.45) is 5.92 Å². The van der Waals surface area contributed by atoms with Gasteiger partial charge in [-0.2, -0.15) is 0 Å². The van der Waals surface area contributed by atoms with E-state index in [1.165, 1.54) is 10.5 Å². The van der Waals surface area contributed by atoms with Crippen molar-refractivity contribution in [2.75, 3.05) is 34.8 Å². The summed E-state index contributed by atoms with van der Waals surface area (Å²) in [6, 6.07) is 9.06. The third-order valence-electron chi connectivity index (χ3n) is 4.51. The molecule has 1 heterocycles. The van der Waals surface area contributed by atoms with Gasteiger partial charge >= 0.3 is 0 Å². The molecule has 1 aromatic carbocycles. The lowest BCUT2D eigenvalue weighted by molar-refractivity contribution is -0.910. The molecule has 2 rings (SSSR count). The Morgan fingerprint density at radius 2 is 1.86 bits per heavy atom. The van der Waals surface area contributed by atoms with Gasteiger partial charge in [0.05, 0.1) is 21.2 Å². The molecule has 0 saturated carbocycles. The van der Waals surface area contributed by atoms with Gasteiger partial charge in [0.2, 0.25) is 6.29 Å². The molecule has 4 heteroatoms. The molecule has 21 heavy (non-hydrogen) atoms. The molecule has 1 fully saturated rings. The van der Waals surface area contributed by atoms with E-state index in [1.54, 1.807) is 7.11 Å². The summed E-state index contributed by atoms with van der Waals surface area (Å²) in [4.78, 5) is 6.58. The summed E-state index contributed by atoms with van der Waals surface area (Å²) in [6.45, 7) is 6.77. The zero-order valence-corrected chi connectivity index (χ0v) is 14.3. The van der Waals surface area contributed by atoms with Crippen molar-refractivity contribution < 1.29 is 9.64 Å². The van der Waals surface area contributed by atoms with Crippen LogP contribution in [-0.4, -0.2) is 56.9 Å². The Hall–Kier alpha value is -1.10. The van der Waals surface area contributed by atoms with Gasteiger partial charge in [-0.15, -0.1) is 0 Å². The number of benzene rings is 1. The second-order valence-electron chi connectivity index (χ2n) is 6.71. The van der Waals surface area contributed by atoms with Crippen LogP contribution >= 0.6 is 0 Å². The van der Waals surface area contributed by atoms with Gasteiger partial charge in [0.1, 0.15) is 5.75 Å². The van der Waals surface area contributed by atoms with Gasteiger partial charge in [-0.1, -0.05) is 26.0 Å². The molecule has 1 aromatic rings. The van der Waals surface area contributed by atoms with Crippen LogP contribution in [0.25, 0.3) is 0 Å². The van der Waals surface area contributed by atoms with Crippen molar-refractivity contribution in [3.05, 3.63) is 29.8 Å². The van der Waals surface area contributed by atoms with Crippen LogP contribution in [0.4, 0.5) is 0 Å². The summed E-state index contributed by atoms with van der Waals surface area (Å²) in [5.74, 6) is 1.60. The van der Waals surface area contributed by atoms with E-state index in [1.807, 2.05) is 12.1 Å². The summed E-state index contributed by atoms with van der Waals surface area (Å²) < 4.78 is 5.24. The molecule has 0 radical (unpaired) electrons. The van der Waals surface area contributed by atoms with Gasteiger partial charge in [0, 0.05) is 19.1 Å². The maximum atomic E-state index is 5.24. The molecule has 0 aliphatic carbocycles. The predicted molar refractivity (Wildman–Crippen MR) is 86.4 cm³/mol. The monoisotopic (exact) mass is 292 g/mol. The smallest absolute Gasteiger partial charge is 0.203 e. The van der Waals surface area contributed by atoms with Crippen molar-refractivity contribution in [1.82, 2.24) is 9.80 Å². The average Bonchev–Trinajstić information content (AvgIpc) is 2.76. The van der Waals surface area contributed by atoms with Crippen molar-refractivity contribution in [3.63, 3.8) is 0 Å². The molecule has 0 amide bonds. The topological polar surface area (TPSA) is 20.2 Å². The van der Waals surface area contributed by atoms with Gasteiger partial charge < -0.3 is 9.64 Å². The van der Waals surface area contributed by atoms with Crippen LogP contribution in [0, 0.1) is 5.92 Å². The highest BCUT2D eigenvalue weighted by molar-refractivity contribution is 5.27. The van der Waals surface area contributed by atoms with Crippen LogP contribution < -0.4 is 9.64 Å². The largest absolute Gasteiger partial charge is 0.497 e. The maximum Gasteiger partial charge on any atom is 0.203 e. The lowest BCUT2D eigenvalue weighted by Crippen LogP contribution is -3.13. The number of hydrogen-bond donors (Lipinski definition) is 1. The van der Waals surface area contributed by atoms with E-state index in [4.69, 9.17) is 4.74 Å². The molecule has 1 aliphatic rings. The Kier molecular flexibility index (Phi) is 5.25. The highest BCUT2D eigenvalue weighted by atomic mass is 16.5. The number of methoxy groups -OCH3 is 1. The second kappa shape index (κ2) is 6.77. The van der Waals surface area contributed by atoms with E-state index < -0.39 is 0 Å². The van der Waals surface area contributed by atoms with Crippen LogP contribution in [0.15, 0.2) is 24.3 Å². The van der Waals surface area contributed by atoms with Gasteiger partial charge in [0.25, 0.3) is 0 Å². The van der Waals surface area contributed by atoms with Crippen molar-refractivity contribution in [2.45, 2.75) is 32.7 Å². The molecule has 0 spiro atoms. The van der Waals surface area contributed by atoms with Crippen LogP contribution in [0.1, 0.15) is 19.4 Å². The Morgan fingerprint density at radius 1 is 1.24 bits per heavy atom. The number of nitrogens with one attached hydrogen (secondary N) is 1. The number of ether oxygens (including phenoxy) is 1. The summed E-state index contributed by atoms with van der Waals surface area (Å²) in [5.41, 5.74) is 1.35. The fraction of sp³-hybridized carbons (Fsp3) is 0.647. The first-order valence-electron chi connectivity index (χ1n) is 7.83. The fourth-order valence-electron chi connectivity index (χ4n) is 3.48. The Bertz CT molecular complexity index is 444. The molecule has 2 atom stereocenters. The maximum absolute atomic E-state index is 5.24. The zero-order chi connectivity index (χ0) is 15.6. The minimum atomic E-state index is 0.444. The standard InChI is InChI=1S/C17H29N3O/c1-13(2)16-12-20(17(18(3)4)19(16)5)11-14-7-9-15(21-6)10-8-14/h7-10,13,16-17H,11-12H2,1-6H3/p+1/t16-,17?/m0/s1. The average molecular weight is 292 g/mol. The Morgan fingerprint density at radius 3 is 2.33 bits per heavy atom. The third-order valence-corrected chi connectivity index (χ3v) is 4.51. The van der Waals surface area contributed by atoms with Crippen LogP contribution in [0.5, 0.6) is 5.75 Å². The van der Waals surface area contributed by atoms with Crippen molar-refractivity contribution in [3.8, 4) is 5.75 Å². The highest BCUT2D eigenvalue weighted by Crippen LogP contribution is 2.23. The summed E-state index contributed by atoms with van der Waals surface area (Å²) in [5, 5.41) is 0. The predicted octanol–water partition coefficient (Wildman–Crippen LogP) is 0.895. The SMILES string of the molecule is COc1ccc(CN2C[C@@H](C(C)C)N(C)C2[NH+](C)C)cc1. The molecule has 4 nitrogen and oxygen atoms in total. The lowest BCUT2D eigenvalue weighted by Gasteiger charge is -2.31. The van der Waals surface area contributed by atoms with Gasteiger partial charge in [-0.3, -0.25) is 0 Å². The van der Waals surface area contributed by atoms with E-state index in [-0.39, 0.29) is 0 Å². The van der Waals surface area contributed by atoms with Gasteiger partial charge in [0.15, 0.2) is 0 Å². The first-order valence-corrected chi connectivity index (χ1v) is 7.83. The van der Waals surface area contributed by atoms with Crippen LogP contribution in [0.2, 0.25) is 0 Å². The van der Waals surface area contributed by atoms with Gasteiger partial charge in [-0.05, 0) is 30.7 Å². The quantitative estimate of drug-likeness (QED) is 0.870. The minimum Gasteiger partial charge on any atom is -0.497 e. The van der Waals surface area contributed by atoms with Crippen molar-refractivity contribution in [1.29, 1.82) is 0 Å². The van der Waals surface area contributed by atoms with E-state index in [0.29, 0.717) is 18.2 Å².